The average Bonchev–Trinajstić information content (AvgIpc) is 2.08. The zero-order chi connectivity index (χ0) is 9.68. The van der Waals surface area contributed by atoms with Gasteiger partial charge in [0.1, 0.15) is 11.6 Å². The van der Waals surface area contributed by atoms with Gasteiger partial charge in [-0.1, -0.05) is 12.1 Å². The van der Waals surface area contributed by atoms with Crippen LogP contribution in [0, 0.1) is 5.82 Å². The summed E-state index contributed by atoms with van der Waals surface area (Å²) in [5, 5.41) is 0. The topological polar surface area (TPSA) is 17.1 Å². The average molecular weight is 198 g/mol. The number of carbonyl (C=O) groups is 1. The highest BCUT2D eigenvalue weighted by molar-refractivity contribution is 7.99. The van der Waals surface area contributed by atoms with Crippen LogP contribution in [-0.4, -0.2) is 11.5 Å². The monoisotopic (exact) mass is 198 g/mol. The summed E-state index contributed by atoms with van der Waals surface area (Å²) >= 11 is 1.38. The van der Waals surface area contributed by atoms with Gasteiger partial charge in [-0.2, -0.15) is 0 Å². The van der Waals surface area contributed by atoms with Crippen molar-refractivity contribution in [3.05, 3.63) is 30.1 Å². The van der Waals surface area contributed by atoms with Gasteiger partial charge >= 0.3 is 0 Å². The molecule has 0 spiro atoms. The molecule has 1 rings (SSSR count). The largest absolute Gasteiger partial charge is 0.300 e. The van der Waals surface area contributed by atoms with Gasteiger partial charge < -0.3 is 0 Å². The van der Waals surface area contributed by atoms with Crippen molar-refractivity contribution in [1.29, 1.82) is 0 Å². The predicted octanol–water partition coefficient (Wildman–Crippen LogP) is 2.90. The van der Waals surface area contributed by atoms with Crippen LogP contribution in [0.3, 0.4) is 0 Å². The van der Waals surface area contributed by atoms with Gasteiger partial charge in [-0.05, 0) is 19.1 Å². The maximum atomic E-state index is 13.0. The van der Waals surface area contributed by atoms with Crippen LogP contribution >= 0.6 is 11.8 Å². The van der Waals surface area contributed by atoms with Crippen molar-refractivity contribution in [2.24, 2.45) is 0 Å². The van der Waals surface area contributed by atoms with E-state index in [0.29, 0.717) is 17.1 Å². The van der Waals surface area contributed by atoms with Crippen LogP contribution in [0.25, 0.3) is 0 Å². The van der Waals surface area contributed by atoms with Crippen molar-refractivity contribution < 1.29 is 9.18 Å². The second kappa shape index (κ2) is 5.02. The maximum absolute atomic E-state index is 13.0. The van der Waals surface area contributed by atoms with E-state index in [9.17, 15) is 9.18 Å². The van der Waals surface area contributed by atoms with Gasteiger partial charge in [-0.25, -0.2) is 4.39 Å². The molecule has 0 bridgehead atoms. The van der Waals surface area contributed by atoms with Crippen molar-refractivity contribution in [1.82, 2.24) is 0 Å². The second-order valence-corrected chi connectivity index (χ2v) is 3.87. The molecule has 1 aromatic carbocycles. The number of carbonyl (C=O) groups excluding carboxylic acids is 1. The fourth-order valence-electron chi connectivity index (χ4n) is 0.867. The van der Waals surface area contributed by atoms with E-state index in [-0.39, 0.29) is 11.6 Å². The summed E-state index contributed by atoms with van der Waals surface area (Å²) in [5.74, 6) is 0.580. The lowest BCUT2D eigenvalue weighted by Crippen LogP contribution is -1.92. The van der Waals surface area contributed by atoms with Gasteiger partial charge in [-0.3, -0.25) is 4.79 Å². The Labute approximate surface area is 81.3 Å². The third kappa shape index (κ3) is 3.59. The van der Waals surface area contributed by atoms with Crippen LogP contribution in [-0.2, 0) is 4.79 Å². The van der Waals surface area contributed by atoms with Crippen molar-refractivity contribution in [2.45, 2.75) is 18.2 Å². The first-order chi connectivity index (χ1) is 6.20. The lowest BCUT2D eigenvalue weighted by atomic mass is 10.3. The van der Waals surface area contributed by atoms with E-state index in [1.807, 2.05) is 0 Å². The highest BCUT2D eigenvalue weighted by Crippen LogP contribution is 2.21. The molecule has 13 heavy (non-hydrogen) atoms. The predicted molar refractivity (Wildman–Crippen MR) is 52.4 cm³/mol. The van der Waals surface area contributed by atoms with Gasteiger partial charge in [0.2, 0.25) is 0 Å². The molecule has 0 saturated heterocycles. The van der Waals surface area contributed by atoms with E-state index >= 15 is 0 Å². The Hall–Kier alpha value is -0.830. The Morgan fingerprint density at radius 2 is 2.15 bits per heavy atom. The lowest BCUT2D eigenvalue weighted by molar-refractivity contribution is -0.116. The van der Waals surface area contributed by atoms with Gasteiger partial charge in [0.25, 0.3) is 0 Å². The van der Waals surface area contributed by atoms with Crippen LogP contribution in [0.15, 0.2) is 29.2 Å². The first-order valence-corrected chi connectivity index (χ1v) is 5.05. The number of benzene rings is 1. The molecular weight excluding hydrogens is 187 g/mol. The minimum atomic E-state index is -0.212. The highest BCUT2D eigenvalue weighted by atomic mass is 32.2. The second-order valence-electron chi connectivity index (χ2n) is 2.73. The quantitative estimate of drug-likeness (QED) is 0.692. The molecule has 0 aliphatic rings. The normalized spacial score (nSPS) is 10.0. The SMILES string of the molecule is CC(=O)CCSc1ccccc1F. The Morgan fingerprint density at radius 3 is 2.77 bits per heavy atom. The van der Waals surface area contributed by atoms with Gasteiger partial charge in [0.15, 0.2) is 0 Å². The maximum Gasteiger partial charge on any atom is 0.136 e. The smallest absolute Gasteiger partial charge is 0.136 e. The summed E-state index contributed by atoms with van der Waals surface area (Å²) in [6, 6.07) is 6.60. The Bertz CT molecular complexity index is 299. The molecule has 0 fully saturated rings. The first kappa shape index (κ1) is 10.3. The van der Waals surface area contributed by atoms with Crippen LogP contribution in [0.4, 0.5) is 4.39 Å². The van der Waals surface area contributed by atoms with E-state index in [4.69, 9.17) is 0 Å². The van der Waals surface area contributed by atoms with E-state index in [1.165, 1.54) is 17.8 Å². The molecular formula is C10H11FOS. The number of thioether (sulfide) groups is 1. The summed E-state index contributed by atoms with van der Waals surface area (Å²) in [5.41, 5.74) is 0. The number of ketones is 1. The number of halogens is 1. The molecule has 70 valence electrons. The van der Waals surface area contributed by atoms with Gasteiger partial charge in [-0.15, -0.1) is 11.8 Å². The minimum Gasteiger partial charge on any atom is -0.300 e. The molecule has 0 radical (unpaired) electrons. The standard InChI is InChI=1S/C10H11FOS/c1-8(12)6-7-13-10-5-3-2-4-9(10)11/h2-5H,6-7H2,1H3. The van der Waals surface area contributed by atoms with E-state index in [2.05, 4.69) is 0 Å². The van der Waals surface area contributed by atoms with Crippen molar-refractivity contribution >= 4 is 17.5 Å². The van der Waals surface area contributed by atoms with Crippen molar-refractivity contribution in [2.75, 3.05) is 5.75 Å². The zero-order valence-electron chi connectivity index (χ0n) is 7.42. The fraction of sp³-hybridized carbons (Fsp3) is 0.300. The molecule has 1 nitrogen and oxygen atoms in total. The third-order valence-corrected chi connectivity index (χ3v) is 2.60. The molecule has 0 unspecified atom stereocenters. The fourth-order valence-corrected chi connectivity index (χ4v) is 1.86. The Morgan fingerprint density at radius 1 is 1.46 bits per heavy atom. The summed E-state index contributed by atoms with van der Waals surface area (Å²) in [6.07, 6.45) is 0.499. The molecule has 0 heterocycles. The summed E-state index contributed by atoms with van der Waals surface area (Å²) < 4.78 is 13.0. The minimum absolute atomic E-state index is 0.142. The van der Waals surface area contributed by atoms with Gasteiger partial charge in [0, 0.05) is 17.1 Å². The summed E-state index contributed by atoms with van der Waals surface area (Å²) in [7, 11) is 0. The number of rotatable bonds is 4. The van der Waals surface area contributed by atoms with Crippen molar-refractivity contribution in [3.8, 4) is 0 Å². The first-order valence-electron chi connectivity index (χ1n) is 4.07. The Balaban J connectivity index is 2.45. The number of Topliss-reactive ketones (excluding diaryl/α,β-unsaturated/α-hetero) is 1. The van der Waals surface area contributed by atoms with E-state index in [1.54, 1.807) is 25.1 Å². The number of hydrogen-bond acceptors (Lipinski definition) is 2. The van der Waals surface area contributed by atoms with Crippen LogP contribution in [0.5, 0.6) is 0 Å². The Kier molecular flexibility index (Phi) is 3.96. The molecule has 0 atom stereocenters. The van der Waals surface area contributed by atoms with E-state index < -0.39 is 0 Å². The zero-order valence-corrected chi connectivity index (χ0v) is 8.23. The number of hydrogen-bond donors (Lipinski definition) is 0. The van der Waals surface area contributed by atoms with Crippen LogP contribution in [0.2, 0.25) is 0 Å². The highest BCUT2D eigenvalue weighted by Gasteiger charge is 2.01. The van der Waals surface area contributed by atoms with Crippen LogP contribution < -0.4 is 0 Å². The molecule has 3 heteroatoms. The van der Waals surface area contributed by atoms with Crippen LogP contribution in [0.1, 0.15) is 13.3 Å². The van der Waals surface area contributed by atoms with Crippen molar-refractivity contribution in [3.63, 3.8) is 0 Å². The molecule has 0 N–H and O–H groups in total. The summed E-state index contributed by atoms with van der Waals surface area (Å²) in [6.45, 7) is 1.54. The summed E-state index contributed by atoms with van der Waals surface area (Å²) in [4.78, 5) is 11.2. The molecule has 0 saturated carbocycles. The molecule has 0 aromatic heterocycles. The molecule has 0 aliphatic heterocycles. The lowest BCUT2D eigenvalue weighted by Gasteiger charge is -2.00. The molecule has 1 aromatic rings. The van der Waals surface area contributed by atoms with E-state index in [0.717, 1.165) is 0 Å². The van der Waals surface area contributed by atoms with Gasteiger partial charge in [0.05, 0.1) is 0 Å². The third-order valence-electron chi connectivity index (χ3n) is 1.55. The molecule has 0 amide bonds. The molecule has 0 aliphatic carbocycles.